The molecule has 0 radical (unpaired) electrons. The average Bonchev–Trinajstić information content (AvgIpc) is 2.75. The van der Waals surface area contributed by atoms with Crippen molar-refractivity contribution < 1.29 is 26.3 Å². The third kappa shape index (κ3) is 5.21. The molecule has 0 unspecified atom stereocenters. The molecule has 0 heterocycles. The van der Waals surface area contributed by atoms with Crippen molar-refractivity contribution in [3.63, 3.8) is 0 Å². The van der Waals surface area contributed by atoms with Crippen LogP contribution in [-0.4, -0.2) is 20.8 Å². The molecule has 1 atom stereocenters. The van der Waals surface area contributed by atoms with Gasteiger partial charge in [0.2, 0.25) is 5.60 Å². The van der Waals surface area contributed by atoms with E-state index in [4.69, 9.17) is 4.74 Å². The van der Waals surface area contributed by atoms with Gasteiger partial charge in [0.15, 0.2) is 0 Å². The van der Waals surface area contributed by atoms with Gasteiger partial charge >= 0.3 is 6.18 Å². The van der Waals surface area contributed by atoms with Gasteiger partial charge in [-0.15, -0.1) is 0 Å². The predicted molar refractivity (Wildman–Crippen MR) is 112 cm³/mol. The topological polar surface area (TPSA) is 55.7 Å². The Labute approximate surface area is 179 Å². The smallest absolute Gasteiger partial charge is 0.351 e. The SMILES string of the molecule is Cc1ccc(S(=O)(=O)/N=C/[C@](OCc2ccccc2)(c2ccccc2)C(F)(F)F)cc1. The number of aryl methyl sites for hydroxylation is 1. The first kappa shape index (κ1) is 22.7. The van der Waals surface area contributed by atoms with E-state index in [0.29, 0.717) is 11.8 Å². The molecular weight excluding hydrogens is 427 g/mol. The predicted octanol–water partition coefficient (Wildman–Crippen LogP) is 5.43. The molecule has 0 saturated carbocycles. The molecule has 0 N–H and O–H groups in total. The monoisotopic (exact) mass is 447 g/mol. The fourth-order valence-corrected chi connectivity index (χ4v) is 3.77. The number of alkyl halides is 3. The maximum absolute atomic E-state index is 14.4. The molecule has 0 aliphatic rings. The summed E-state index contributed by atoms with van der Waals surface area (Å²) in [7, 11) is -4.37. The molecule has 8 heteroatoms. The van der Waals surface area contributed by atoms with Crippen LogP contribution in [0, 0.1) is 6.92 Å². The van der Waals surface area contributed by atoms with Gasteiger partial charge in [0.1, 0.15) is 0 Å². The zero-order valence-electron chi connectivity index (χ0n) is 16.6. The van der Waals surface area contributed by atoms with Crippen molar-refractivity contribution in [2.24, 2.45) is 4.40 Å². The molecule has 4 nitrogen and oxygen atoms in total. The molecule has 31 heavy (non-hydrogen) atoms. The van der Waals surface area contributed by atoms with Crippen LogP contribution >= 0.6 is 0 Å². The van der Waals surface area contributed by atoms with Crippen LogP contribution in [0.25, 0.3) is 0 Å². The second-order valence-corrected chi connectivity index (χ2v) is 8.53. The summed E-state index contributed by atoms with van der Waals surface area (Å²) in [6.45, 7) is 1.37. The Morgan fingerprint density at radius 1 is 0.871 bits per heavy atom. The molecule has 162 valence electrons. The van der Waals surface area contributed by atoms with E-state index in [2.05, 4.69) is 4.40 Å². The van der Waals surface area contributed by atoms with E-state index in [-0.39, 0.29) is 10.5 Å². The average molecular weight is 447 g/mol. The van der Waals surface area contributed by atoms with Gasteiger partial charge < -0.3 is 4.74 Å². The zero-order valence-corrected chi connectivity index (χ0v) is 17.4. The van der Waals surface area contributed by atoms with Gasteiger partial charge in [-0.3, -0.25) is 0 Å². The quantitative estimate of drug-likeness (QED) is 0.454. The Hall–Kier alpha value is -2.97. The van der Waals surface area contributed by atoms with Gasteiger partial charge in [-0.2, -0.15) is 26.0 Å². The number of benzene rings is 3. The van der Waals surface area contributed by atoms with Crippen molar-refractivity contribution >= 4 is 16.2 Å². The highest BCUT2D eigenvalue weighted by Crippen LogP contribution is 2.42. The number of hydrogen-bond acceptors (Lipinski definition) is 3. The lowest BCUT2D eigenvalue weighted by Crippen LogP contribution is -2.46. The molecule has 0 bridgehead atoms. The van der Waals surface area contributed by atoms with Crippen molar-refractivity contribution in [2.75, 3.05) is 0 Å². The standard InChI is InChI=1S/C23H20F3NO3S/c1-18-12-14-21(15-13-18)31(28,29)27-17-22(23(24,25)26,20-10-6-3-7-11-20)30-16-19-8-4-2-5-9-19/h2-15,17H,16H2,1H3/b27-17+/t22-/m0/s1. The molecule has 3 aromatic rings. The van der Waals surface area contributed by atoms with Gasteiger partial charge in [-0.1, -0.05) is 78.4 Å². The van der Waals surface area contributed by atoms with E-state index in [1.165, 1.54) is 36.4 Å². The highest BCUT2D eigenvalue weighted by molar-refractivity contribution is 7.90. The largest absolute Gasteiger partial charge is 0.426 e. The minimum absolute atomic E-state index is 0.207. The van der Waals surface area contributed by atoms with Gasteiger partial charge in [-0.25, -0.2) is 0 Å². The maximum Gasteiger partial charge on any atom is 0.426 e. The van der Waals surface area contributed by atoms with Crippen molar-refractivity contribution in [2.45, 2.75) is 30.2 Å². The summed E-state index contributed by atoms with van der Waals surface area (Å²) in [5.41, 5.74) is -2.02. The Morgan fingerprint density at radius 2 is 1.42 bits per heavy atom. The summed E-state index contributed by atoms with van der Waals surface area (Å²) in [6, 6.07) is 20.8. The first-order valence-electron chi connectivity index (χ1n) is 9.32. The third-order valence-corrected chi connectivity index (χ3v) is 5.88. The minimum atomic E-state index is -4.98. The molecule has 0 aromatic heterocycles. The molecule has 0 spiro atoms. The van der Waals surface area contributed by atoms with Crippen molar-refractivity contribution in [1.29, 1.82) is 0 Å². The number of halogens is 3. The lowest BCUT2D eigenvalue weighted by atomic mass is 9.94. The van der Waals surface area contributed by atoms with E-state index < -0.39 is 28.4 Å². The Balaban J connectivity index is 2.07. The van der Waals surface area contributed by atoms with Crippen LogP contribution in [0.2, 0.25) is 0 Å². The van der Waals surface area contributed by atoms with Gasteiger partial charge in [0.05, 0.1) is 17.7 Å². The summed E-state index contributed by atoms with van der Waals surface area (Å²) in [5.74, 6) is 0. The Morgan fingerprint density at radius 3 is 1.97 bits per heavy atom. The van der Waals surface area contributed by atoms with Crippen molar-refractivity contribution in [3.05, 3.63) is 102 Å². The van der Waals surface area contributed by atoms with Crippen LogP contribution in [-0.2, 0) is 27.0 Å². The molecule has 0 fully saturated rings. The van der Waals surface area contributed by atoms with Gasteiger partial charge in [-0.05, 0) is 30.2 Å². The fourth-order valence-electron chi connectivity index (χ4n) is 2.89. The van der Waals surface area contributed by atoms with Crippen LogP contribution in [0.15, 0.2) is 94.2 Å². The molecule has 0 saturated heterocycles. The molecular formula is C23H20F3NO3S. The number of rotatable bonds is 7. The third-order valence-electron chi connectivity index (χ3n) is 4.63. The highest BCUT2D eigenvalue weighted by Gasteiger charge is 2.57. The molecule has 0 aliphatic carbocycles. The van der Waals surface area contributed by atoms with Crippen LogP contribution in [0.1, 0.15) is 16.7 Å². The van der Waals surface area contributed by atoms with E-state index in [0.717, 1.165) is 5.56 Å². The van der Waals surface area contributed by atoms with Crippen LogP contribution < -0.4 is 0 Å². The lowest BCUT2D eigenvalue weighted by Gasteiger charge is -2.32. The first-order chi connectivity index (χ1) is 14.6. The molecule has 3 rings (SSSR count). The van der Waals surface area contributed by atoms with Crippen LogP contribution in [0.5, 0.6) is 0 Å². The summed E-state index contributed by atoms with van der Waals surface area (Å²) in [5, 5.41) is 0. The Kier molecular flexibility index (Phi) is 6.62. The summed E-state index contributed by atoms with van der Waals surface area (Å²) in [4.78, 5) is -0.207. The summed E-state index contributed by atoms with van der Waals surface area (Å²) < 4.78 is 77.1. The number of nitrogens with zero attached hydrogens (tertiary/aromatic N) is 1. The normalized spacial score (nSPS) is 14.5. The van der Waals surface area contributed by atoms with Gasteiger partial charge in [0, 0.05) is 0 Å². The molecule has 0 amide bonds. The van der Waals surface area contributed by atoms with Gasteiger partial charge in [0.25, 0.3) is 10.0 Å². The van der Waals surface area contributed by atoms with Crippen molar-refractivity contribution in [3.8, 4) is 0 Å². The van der Waals surface area contributed by atoms with Crippen LogP contribution in [0.3, 0.4) is 0 Å². The van der Waals surface area contributed by atoms with Crippen LogP contribution in [0.4, 0.5) is 13.2 Å². The first-order valence-corrected chi connectivity index (χ1v) is 10.8. The molecule has 0 aliphatic heterocycles. The zero-order chi connectivity index (χ0) is 22.5. The van der Waals surface area contributed by atoms with E-state index in [9.17, 15) is 21.6 Å². The van der Waals surface area contributed by atoms with E-state index >= 15 is 0 Å². The lowest BCUT2D eigenvalue weighted by molar-refractivity contribution is -0.255. The number of ether oxygens (including phenoxy) is 1. The fraction of sp³-hybridized carbons (Fsp3) is 0.174. The van der Waals surface area contributed by atoms with E-state index in [1.54, 1.807) is 55.5 Å². The second kappa shape index (κ2) is 9.03. The number of hydrogen-bond donors (Lipinski definition) is 0. The highest BCUT2D eigenvalue weighted by atomic mass is 32.2. The van der Waals surface area contributed by atoms with Crippen molar-refractivity contribution in [1.82, 2.24) is 0 Å². The summed E-state index contributed by atoms with van der Waals surface area (Å²) >= 11 is 0. The Bertz CT molecular complexity index is 1130. The molecule has 3 aromatic carbocycles. The van der Waals surface area contributed by atoms with E-state index in [1.807, 2.05) is 0 Å². The number of sulfonamides is 1. The summed E-state index contributed by atoms with van der Waals surface area (Å²) in [6.07, 6.45) is -4.64. The maximum atomic E-state index is 14.4. The minimum Gasteiger partial charge on any atom is -0.351 e. The second-order valence-electron chi connectivity index (χ2n) is 6.90.